The number of amides is 2. The summed E-state index contributed by atoms with van der Waals surface area (Å²) < 4.78 is 78.0. The fraction of sp³-hybridized carbons (Fsp3) is 0.318. The van der Waals surface area contributed by atoms with E-state index in [9.17, 15) is 35.6 Å². The summed E-state index contributed by atoms with van der Waals surface area (Å²) in [5.74, 6) is -2.80. The van der Waals surface area contributed by atoms with E-state index in [1.54, 1.807) is 38.4 Å². The first-order chi connectivity index (χ1) is 16.2. The first kappa shape index (κ1) is 26.5. The molecule has 0 aliphatic heterocycles. The lowest BCUT2D eigenvalue weighted by atomic mass is 10.0. The molecule has 188 valence electrons. The number of hydrogen-bond acceptors (Lipinski definition) is 6. The number of benzene rings is 2. The van der Waals surface area contributed by atoms with Crippen LogP contribution >= 0.6 is 11.3 Å². The molecule has 0 radical (unpaired) electrons. The summed E-state index contributed by atoms with van der Waals surface area (Å²) in [6.45, 7) is 0.963. The molecular weight excluding hydrogens is 510 g/mol. The molecule has 1 atom stereocenters. The van der Waals surface area contributed by atoms with Crippen molar-refractivity contribution in [2.24, 2.45) is 0 Å². The minimum atomic E-state index is -4.70. The molecule has 0 saturated carbocycles. The van der Waals surface area contributed by atoms with E-state index in [-0.39, 0.29) is 22.1 Å². The van der Waals surface area contributed by atoms with Gasteiger partial charge < -0.3 is 10.2 Å². The largest absolute Gasteiger partial charge is 0.390 e. The maximum absolute atomic E-state index is 14.9. The van der Waals surface area contributed by atoms with Crippen LogP contribution in [0.15, 0.2) is 36.4 Å². The van der Waals surface area contributed by atoms with Crippen LogP contribution < -0.4 is 5.32 Å². The number of halogens is 4. The Morgan fingerprint density at radius 1 is 1.14 bits per heavy atom. The molecule has 7 nitrogen and oxygen atoms in total. The number of sulfone groups is 1. The highest BCUT2D eigenvalue weighted by atomic mass is 32.2. The van der Waals surface area contributed by atoms with Crippen LogP contribution in [0.1, 0.15) is 23.6 Å². The van der Waals surface area contributed by atoms with E-state index >= 15 is 0 Å². The number of anilines is 1. The Morgan fingerprint density at radius 2 is 1.77 bits per heavy atom. The van der Waals surface area contributed by atoms with Gasteiger partial charge >= 0.3 is 12.2 Å². The third kappa shape index (κ3) is 6.34. The average Bonchev–Trinajstić information content (AvgIpc) is 3.13. The number of hydrogen-bond donors (Lipinski definition) is 1. The van der Waals surface area contributed by atoms with Gasteiger partial charge in [0.05, 0.1) is 22.4 Å². The van der Waals surface area contributed by atoms with Gasteiger partial charge in [-0.2, -0.15) is 13.2 Å². The molecule has 35 heavy (non-hydrogen) atoms. The number of carbonyl (C=O) groups is 2. The number of carbonyl (C=O) groups excluding carboxylic acids is 2. The standard InChI is InChI=1S/C22H21F4N3O4S2/c1-12(30)19(35(32,33)9-8-22(24,25)26)20-28-17-11-16(23)15(10-18(17)34-20)13-4-6-14(7-5-13)27-21(31)29(2)3/h4-7,10-11,19H,8-9H2,1-3H3,(H,27,31). The molecule has 2 aromatic carbocycles. The van der Waals surface area contributed by atoms with Crippen LogP contribution in [0.25, 0.3) is 21.3 Å². The zero-order valence-corrected chi connectivity index (χ0v) is 20.4. The lowest BCUT2D eigenvalue weighted by Crippen LogP contribution is -2.27. The number of alkyl halides is 3. The van der Waals surface area contributed by atoms with Gasteiger partial charge in [0.2, 0.25) is 0 Å². The third-order valence-electron chi connectivity index (χ3n) is 4.97. The Bertz CT molecular complexity index is 1370. The molecule has 0 aliphatic rings. The van der Waals surface area contributed by atoms with Gasteiger partial charge in [-0.05, 0) is 30.7 Å². The zero-order valence-electron chi connectivity index (χ0n) is 18.8. The Balaban J connectivity index is 1.95. The van der Waals surface area contributed by atoms with Gasteiger partial charge in [-0.1, -0.05) is 12.1 Å². The molecule has 3 rings (SSSR count). The summed E-state index contributed by atoms with van der Waals surface area (Å²) in [7, 11) is -1.34. The van der Waals surface area contributed by atoms with Crippen molar-refractivity contribution in [3.05, 3.63) is 47.2 Å². The summed E-state index contributed by atoms with van der Waals surface area (Å²) in [4.78, 5) is 29.3. The topological polar surface area (TPSA) is 96.4 Å². The number of Topliss-reactive ketones (excluding diaryl/α,β-unsaturated/α-hetero) is 1. The lowest BCUT2D eigenvalue weighted by molar-refractivity contribution is -0.130. The zero-order chi connectivity index (χ0) is 26.1. The van der Waals surface area contributed by atoms with Crippen molar-refractivity contribution in [3.63, 3.8) is 0 Å². The van der Waals surface area contributed by atoms with Crippen molar-refractivity contribution >= 4 is 48.9 Å². The van der Waals surface area contributed by atoms with Gasteiger partial charge in [0.15, 0.2) is 20.9 Å². The Kier molecular flexibility index (Phi) is 7.50. The van der Waals surface area contributed by atoms with Crippen LogP contribution in [0.4, 0.5) is 28.0 Å². The van der Waals surface area contributed by atoms with Crippen LogP contribution in [-0.2, 0) is 14.6 Å². The summed E-state index contributed by atoms with van der Waals surface area (Å²) in [6.07, 6.45) is -6.29. The summed E-state index contributed by atoms with van der Waals surface area (Å²) in [5, 5.41) is 0.568. The number of nitrogens with zero attached hydrogens (tertiary/aromatic N) is 2. The molecule has 1 unspecified atom stereocenters. The molecule has 0 bridgehead atoms. The summed E-state index contributed by atoms with van der Waals surface area (Å²) >= 11 is 0.805. The molecule has 3 aromatic rings. The maximum atomic E-state index is 14.9. The second-order valence-electron chi connectivity index (χ2n) is 7.98. The minimum Gasteiger partial charge on any atom is -0.331 e. The normalized spacial score (nSPS) is 13.0. The van der Waals surface area contributed by atoms with Crippen LogP contribution in [-0.4, -0.2) is 56.1 Å². The highest BCUT2D eigenvalue weighted by Gasteiger charge is 2.38. The van der Waals surface area contributed by atoms with Crippen molar-refractivity contribution in [1.82, 2.24) is 9.88 Å². The number of thiazole rings is 1. The quantitative estimate of drug-likeness (QED) is 0.423. The molecule has 0 spiro atoms. The van der Waals surface area contributed by atoms with Gasteiger partial charge in [0, 0.05) is 31.4 Å². The fourth-order valence-corrected chi connectivity index (χ4v) is 6.45. The Morgan fingerprint density at radius 3 is 2.31 bits per heavy atom. The van der Waals surface area contributed by atoms with E-state index in [2.05, 4.69) is 10.3 Å². The van der Waals surface area contributed by atoms with Gasteiger partial charge in [-0.25, -0.2) is 22.6 Å². The monoisotopic (exact) mass is 531 g/mol. The number of urea groups is 1. The highest BCUT2D eigenvalue weighted by molar-refractivity contribution is 7.92. The van der Waals surface area contributed by atoms with Crippen LogP contribution in [0.2, 0.25) is 0 Å². The molecule has 0 fully saturated rings. The fourth-order valence-electron chi connectivity index (χ4n) is 3.22. The molecule has 0 saturated heterocycles. The summed E-state index contributed by atoms with van der Waals surface area (Å²) in [5.41, 5.74) is 1.20. The predicted octanol–water partition coefficient (Wildman–Crippen LogP) is 5.19. The van der Waals surface area contributed by atoms with Gasteiger partial charge in [-0.3, -0.25) is 4.79 Å². The smallest absolute Gasteiger partial charge is 0.331 e. The van der Waals surface area contributed by atoms with E-state index in [1.807, 2.05) is 0 Å². The highest BCUT2D eigenvalue weighted by Crippen LogP contribution is 2.36. The number of nitrogens with one attached hydrogen (secondary N) is 1. The van der Waals surface area contributed by atoms with Crippen LogP contribution in [0.3, 0.4) is 0 Å². The average molecular weight is 532 g/mol. The second-order valence-corrected chi connectivity index (χ2v) is 11.2. The van der Waals surface area contributed by atoms with E-state index in [4.69, 9.17) is 0 Å². The van der Waals surface area contributed by atoms with E-state index < -0.39 is 45.0 Å². The van der Waals surface area contributed by atoms with Gasteiger partial charge in [-0.15, -0.1) is 11.3 Å². The molecule has 2 amide bonds. The number of fused-ring (bicyclic) bond motifs is 1. The molecule has 0 aliphatic carbocycles. The number of aromatic nitrogens is 1. The van der Waals surface area contributed by atoms with Crippen LogP contribution in [0, 0.1) is 5.82 Å². The SMILES string of the molecule is CC(=O)C(c1nc2cc(F)c(-c3ccc(NC(=O)N(C)C)cc3)cc2s1)S(=O)(=O)CCC(F)(F)F. The molecular formula is C22H21F4N3O4S2. The van der Waals surface area contributed by atoms with Crippen molar-refractivity contribution < 1.29 is 35.6 Å². The minimum absolute atomic E-state index is 0.0818. The molecule has 13 heteroatoms. The van der Waals surface area contributed by atoms with Crippen LogP contribution in [0.5, 0.6) is 0 Å². The maximum Gasteiger partial charge on any atom is 0.390 e. The third-order valence-corrected chi connectivity index (χ3v) is 8.25. The molecule has 1 aromatic heterocycles. The van der Waals surface area contributed by atoms with Gasteiger partial charge in [0.25, 0.3) is 0 Å². The Labute approximate surface area is 202 Å². The first-order valence-corrected chi connectivity index (χ1v) is 12.7. The first-order valence-electron chi connectivity index (χ1n) is 10.2. The van der Waals surface area contributed by atoms with Crippen molar-refractivity contribution in [3.8, 4) is 11.1 Å². The van der Waals surface area contributed by atoms with Crippen molar-refractivity contribution in [1.29, 1.82) is 0 Å². The number of rotatable bonds is 7. The van der Waals surface area contributed by atoms with E-state index in [1.165, 1.54) is 11.0 Å². The van der Waals surface area contributed by atoms with Crippen molar-refractivity contribution in [2.75, 3.05) is 25.2 Å². The predicted molar refractivity (Wildman–Crippen MR) is 126 cm³/mol. The lowest BCUT2D eigenvalue weighted by Gasteiger charge is -2.13. The molecule has 1 heterocycles. The number of ketones is 1. The van der Waals surface area contributed by atoms with Gasteiger partial charge in [0.1, 0.15) is 10.8 Å². The second kappa shape index (κ2) is 9.90. The van der Waals surface area contributed by atoms with E-state index in [0.29, 0.717) is 16.0 Å². The summed E-state index contributed by atoms with van der Waals surface area (Å²) in [6, 6.07) is 8.49. The Hall–Kier alpha value is -3.06. The van der Waals surface area contributed by atoms with E-state index in [0.717, 1.165) is 24.3 Å². The van der Waals surface area contributed by atoms with Crippen molar-refractivity contribution in [2.45, 2.75) is 24.8 Å². The molecule has 1 N–H and O–H groups in total.